The normalized spacial score (nSPS) is 52.5. The quantitative estimate of drug-likeness (QED) is 0.255. The van der Waals surface area contributed by atoms with Crippen molar-refractivity contribution in [2.75, 3.05) is 0 Å². The molecule has 14 saturated carbocycles. The van der Waals surface area contributed by atoms with Crippen molar-refractivity contribution in [2.24, 2.45) is 105 Å². The van der Waals surface area contributed by atoms with Crippen molar-refractivity contribution in [3.63, 3.8) is 0 Å². The molecule has 16 bridgehead atoms. The maximum absolute atomic E-state index is 13.0. The standard InChI is InChI=1S/C23H36O2.C21H32O2/c1-6-21(2,3)20(24)25-22(4,5)23-12-14-8-16-15-7-13(10-18(16)23)11-19(23)17(15)9-14;1-5-20(2,3)19(22)23-21(4)12-9-14-13-6-11-7-16(14)18(21)17(8-11)15(13)10-12/h13-19H,6-12H2,1-5H3;11-18H,5-10H2,1-4H3. The highest BCUT2D eigenvalue weighted by Crippen LogP contribution is 2.79. The molecule has 9 unspecified atom stereocenters. The van der Waals surface area contributed by atoms with E-state index in [2.05, 4.69) is 34.6 Å². The third-order valence-electron chi connectivity index (χ3n) is 19.3. The van der Waals surface area contributed by atoms with Crippen LogP contribution in [0, 0.1) is 105 Å². The Hall–Kier alpha value is -1.06. The van der Waals surface area contributed by atoms with Gasteiger partial charge in [0.05, 0.1) is 10.8 Å². The molecule has 14 rings (SSSR count). The van der Waals surface area contributed by atoms with Gasteiger partial charge in [0, 0.05) is 11.3 Å². The third kappa shape index (κ3) is 4.13. The van der Waals surface area contributed by atoms with Crippen molar-refractivity contribution >= 4 is 11.9 Å². The molecule has 0 aromatic heterocycles. The van der Waals surface area contributed by atoms with Crippen LogP contribution in [0.4, 0.5) is 0 Å². The average Bonchev–Trinajstić information content (AvgIpc) is 3.05. The highest BCUT2D eigenvalue weighted by atomic mass is 16.6. The van der Waals surface area contributed by atoms with Crippen molar-refractivity contribution in [2.45, 2.75) is 157 Å². The molecule has 0 N–H and O–H groups in total. The number of carbonyl (C=O) groups excluding carboxylic acids is 2. The molecule has 48 heavy (non-hydrogen) atoms. The average molecular weight is 661 g/mol. The first kappa shape index (κ1) is 32.8. The fourth-order valence-corrected chi connectivity index (χ4v) is 16.6. The SMILES string of the molecule is CCC(C)(C)C(=O)OC(C)(C)C12CC3CC4C5CC(CC41)CC2C5C3.CCC(C)(C)C(=O)OC1(C)C2CC3C4CC5CC3C1C(C5)C4C2. The van der Waals surface area contributed by atoms with Gasteiger partial charge in [0.1, 0.15) is 11.2 Å². The second kappa shape index (κ2) is 10.3. The van der Waals surface area contributed by atoms with Gasteiger partial charge in [-0.15, -0.1) is 0 Å². The van der Waals surface area contributed by atoms with Gasteiger partial charge in [0.2, 0.25) is 0 Å². The monoisotopic (exact) mass is 661 g/mol. The van der Waals surface area contributed by atoms with Crippen LogP contribution in [-0.4, -0.2) is 23.1 Å². The largest absolute Gasteiger partial charge is 0.459 e. The molecular weight excluding hydrogens is 592 g/mol. The minimum atomic E-state index is -0.364. The van der Waals surface area contributed by atoms with Crippen LogP contribution >= 0.6 is 0 Å². The lowest BCUT2D eigenvalue weighted by molar-refractivity contribution is -0.309. The summed E-state index contributed by atoms with van der Waals surface area (Å²) in [7, 11) is 0. The summed E-state index contributed by atoms with van der Waals surface area (Å²) in [5, 5.41) is 0. The Morgan fingerprint density at radius 3 is 1.56 bits per heavy atom. The van der Waals surface area contributed by atoms with Crippen LogP contribution in [0.5, 0.6) is 0 Å². The van der Waals surface area contributed by atoms with Gasteiger partial charge in [-0.3, -0.25) is 9.59 Å². The van der Waals surface area contributed by atoms with Crippen molar-refractivity contribution in [3.05, 3.63) is 0 Å². The Balaban J connectivity index is 0.000000131. The van der Waals surface area contributed by atoms with E-state index in [-0.39, 0.29) is 39.4 Å². The van der Waals surface area contributed by atoms with E-state index < -0.39 is 0 Å². The van der Waals surface area contributed by atoms with Crippen LogP contribution in [-0.2, 0) is 19.1 Å². The van der Waals surface area contributed by atoms with E-state index in [9.17, 15) is 9.59 Å². The van der Waals surface area contributed by atoms with Crippen LogP contribution in [0.25, 0.3) is 0 Å². The molecule has 0 amide bonds. The Labute approximate surface area is 292 Å². The maximum atomic E-state index is 13.0. The van der Waals surface area contributed by atoms with Gasteiger partial charge in [0.25, 0.3) is 0 Å². The zero-order chi connectivity index (χ0) is 33.9. The predicted molar refractivity (Wildman–Crippen MR) is 188 cm³/mol. The second-order valence-electron chi connectivity index (χ2n) is 21.9. The molecule has 0 aromatic rings. The van der Waals surface area contributed by atoms with Gasteiger partial charge in [0.15, 0.2) is 0 Å². The van der Waals surface area contributed by atoms with Gasteiger partial charge in [-0.2, -0.15) is 0 Å². The molecule has 0 saturated heterocycles. The Morgan fingerprint density at radius 1 is 0.583 bits per heavy atom. The summed E-state index contributed by atoms with van der Waals surface area (Å²) >= 11 is 0. The van der Waals surface area contributed by atoms with E-state index in [1.807, 2.05) is 27.7 Å². The Bertz CT molecular complexity index is 1310. The first-order valence-corrected chi connectivity index (χ1v) is 21.0. The zero-order valence-electron chi connectivity index (χ0n) is 32.0. The molecule has 4 nitrogen and oxygen atoms in total. The van der Waals surface area contributed by atoms with E-state index in [1.165, 1.54) is 70.6 Å². The number of carbonyl (C=O) groups is 2. The number of hydrogen-bond donors (Lipinski definition) is 0. The van der Waals surface area contributed by atoms with E-state index in [4.69, 9.17) is 9.47 Å². The summed E-state index contributed by atoms with van der Waals surface area (Å²) in [4.78, 5) is 25.8. The Kier molecular flexibility index (Phi) is 7.04. The van der Waals surface area contributed by atoms with Gasteiger partial charge in [-0.25, -0.2) is 0 Å². The van der Waals surface area contributed by atoms with Crippen molar-refractivity contribution in [1.29, 1.82) is 0 Å². The molecule has 0 spiro atoms. The van der Waals surface area contributed by atoms with E-state index in [0.29, 0.717) is 11.8 Å². The number of rotatable bonds is 7. The number of ether oxygens (including phenoxy) is 2. The molecule has 4 heteroatoms. The van der Waals surface area contributed by atoms with Gasteiger partial charge < -0.3 is 9.47 Å². The van der Waals surface area contributed by atoms with Crippen LogP contribution in [0.15, 0.2) is 0 Å². The minimum Gasteiger partial charge on any atom is -0.459 e. The topological polar surface area (TPSA) is 52.6 Å². The van der Waals surface area contributed by atoms with Gasteiger partial charge >= 0.3 is 11.9 Å². The lowest BCUT2D eigenvalue weighted by atomic mass is 9.28. The van der Waals surface area contributed by atoms with E-state index in [0.717, 1.165) is 89.8 Å². The summed E-state index contributed by atoms with van der Waals surface area (Å²) in [5.74, 6) is 13.6. The maximum Gasteiger partial charge on any atom is 0.312 e. The number of hydrogen-bond acceptors (Lipinski definition) is 4. The highest BCUT2D eigenvalue weighted by molar-refractivity contribution is 5.77. The number of esters is 2. The lowest BCUT2D eigenvalue weighted by Crippen LogP contribution is -2.73. The molecule has 14 aliphatic rings. The molecule has 0 heterocycles. The zero-order valence-corrected chi connectivity index (χ0v) is 32.0. The fraction of sp³-hybridized carbons (Fsp3) is 0.955. The van der Waals surface area contributed by atoms with Crippen molar-refractivity contribution in [3.8, 4) is 0 Å². The summed E-state index contributed by atoms with van der Waals surface area (Å²) in [6.07, 6.45) is 17.5. The van der Waals surface area contributed by atoms with Crippen LogP contribution in [0.2, 0.25) is 0 Å². The molecule has 0 aromatic carbocycles. The van der Waals surface area contributed by atoms with Gasteiger partial charge in [-0.1, -0.05) is 13.8 Å². The highest BCUT2D eigenvalue weighted by Gasteiger charge is 2.75. The summed E-state index contributed by atoms with van der Waals surface area (Å²) in [5.41, 5.74) is -0.907. The molecule has 0 aliphatic heterocycles. The molecule has 14 fully saturated rings. The van der Waals surface area contributed by atoms with E-state index >= 15 is 0 Å². The van der Waals surface area contributed by atoms with Crippen LogP contribution in [0.3, 0.4) is 0 Å². The smallest absolute Gasteiger partial charge is 0.312 e. The van der Waals surface area contributed by atoms with Crippen molar-refractivity contribution < 1.29 is 19.1 Å². The van der Waals surface area contributed by atoms with Crippen LogP contribution in [0.1, 0.15) is 146 Å². The first-order chi connectivity index (χ1) is 22.5. The van der Waals surface area contributed by atoms with Crippen molar-refractivity contribution in [1.82, 2.24) is 0 Å². The minimum absolute atomic E-state index is 0.0268. The first-order valence-electron chi connectivity index (χ1n) is 21.0. The summed E-state index contributed by atoms with van der Waals surface area (Å²) < 4.78 is 12.8. The molecular formula is C44H68O4. The van der Waals surface area contributed by atoms with Gasteiger partial charge in [-0.05, 0) is 215 Å². The molecule has 0 radical (unpaired) electrons. The second-order valence-corrected chi connectivity index (χ2v) is 21.9. The predicted octanol–water partition coefficient (Wildman–Crippen LogP) is 10.1. The lowest BCUT2D eigenvalue weighted by Gasteiger charge is -2.77. The fourth-order valence-electron chi connectivity index (χ4n) is 16.6. The van der Waals surface area contributed by atoms with Crippen LogP contribution < -0.4 is 0 Å². The molecule has 14 aliphatic carbocycles. The summed E-state index contributed by atoms with van der Waals surface area (Å²) in [6.45, 7) is 19.3. The molecule has 268 valence electrons. The summed E-state index contributed by atoms with van der Waals surface area (Å²) in [6, 6.07) is 0. The third-order valence-corrected chi connectivity index (χ3v) is 19.3. The van der Waals surface area contributed by atoms with E-state index in [1.54, 1.807) is 0 Å². The Morgan fingerprint density at radius 2 is 1.02 bits per heavy atom. The molecule has 9 atom stereocenters.